The van der Waals surface area contributed by atoms with Crippen molar-refractivity contribution in [2.24, 2.45) is 21.7 Å². The highest BCUT2D eigenvalue weighted by Gasteiger charge is 2.33. The fourth-order valence-corrected chi connectivity index (χ4v) is 3.12. The van der Waals surface area contributed by atoms with Crippen molar-refractivity contribution in [3.05, 3.63) is 0 Å². The van der Waals surface area contributed by atoms with Crippen molar-refractivity contribution < 1.29 is 14.4 Å². The summed E-state index contributed by atoms with van der Waals surface area (Å²) < 4.78 is 0. The van der Waals surface area contributed by atoms with E-state index in [2.05, 4.69) is 26.1 Å². The molecule has 0 aromatic carbocycles. The first kappa shape index (κ1) is 28.8. The van der Waals surface area contributed by atoms with Gasteiger partial charge >= 0.3 is 0 Å². The summed E-state index contributed by atoms with van der Waals surface area (Å²) in [4.78, 5) is 37.2. The lowest BCUT2D eigenvalue weighted by atomic mass is 9.73. The fourth-order valence-electron chi connectivity index (χ4n) is 3.12. The van der Waals surface area contributed by atoms with Crippen molar-refractivity contribution in [3.8, 4) is 0 Å². The standard InChI is InChI=1S/C26H49NO3/c1-23(2,3)16-15-21(29)26(9,10)18-17-25(7,8)20(28)14-12-11-13-19-27-22(30)24(4,5)6/h11-19H2,1-10H3,(H,27,30). The third-order valence-electron chi connectivity index (χ3n) is 6.03. The highest BCUT2D eigenvalue weighted by Crippen LogP contribution is 2.35. The molecule has 0 unspecified atom stereocenters. The molecule has 4 nitrogen and oxygen atoms in total. The summed E-state index contributed by atoms with van der Waals surface area (Å²) in [6.45, 7) is 20.9. The summed E-state index contributed by atoms with van der Waals surface area (Å²) in [6.07, 6.45) is 6.23. The zero-order valence-corrected chi connectivity index (χ0v) is 21.6. The molecule has 1 N–H and O–H groups in total. The molecule has 0 aromatic heterocycles. The Balaban J connectivity index is 4.31. The largest absolute Gasteiger partial charge is 0.356 e. The van der Waals surface area contributed by atoms with E-state index in [0.717, 1.165) is 38.5 Å². The second-order valence-electron chi connectivity index (χ2n) is 12.5. The monoisotopic (exact) mass is 423 g/mol. The molecule has 0 spiro atoms. The minimum absolute atomic E-state index is 0.0689. The average molecular weight is 424 g/mol. The normalized spacial score (nSPS) is 13.3. The molecule has 0 aromatic rings. The number of carbonyl (C=O) groups excluding carboxylic acids is 3. The summed E-state index contributed by atoms with van der Waals surface area (Å²) in [5.41, 5.74) is -0.978. The van der Waals surface area contributed by atoms with Crippen LogP contribution >= 0.6 is 0 Å². The lowest BCUT2D eigenvalue weighted by Gasteiger charge is -2.30. The molecule has 0 aliphatic carbocycles. The molecule has 0 fully saturated rings. The van der Waals surface area contributed by atoms with Crippen LogP contribution in [0.15, 0.2) is 0 Å². The summed E-state index contributed by atoms with van der Waals surface area (Å²) in [5, 5.41) is 2.95. The summed E-state index contributed by atoms with van der Waals surface area (Å²) in [7, 11) is 0. The smallest absolute Gasteiger partial charge is 0.225 e. The molecule has 0 saturated carbocycles. The van der Waals surface area contributed by atoms with Crippen molar-refractivity contribution in [2.45, 2.75) is 121 Å². The highest BCUT2D eigenvalue weighted by atomic mass is 16.2. The number of unbranched alkanes of at least 4 members (excludes halogenated alkanes) is 2. The van der Waals surface area contributed by atoms with Gasteiger partial charge in [-0.2, -0.15) is 0 Å². The molecular weight excluding hydrogens is 374 g/mol. The van der Waals surface area contributed by atoms with Gasteiger partial charge in [-0.1, -0.05) is 75.7 Å². The first-order valence-corrected chi connectivity index (χ1v) is 11.7. The third-order valence-corrected chi connectivity index (χ3v) is 6.03. The van der Waals surface area contributed by atoms with Crippen molar-refractivity contribution in [2.75, 3.05) is 6.54 Å². The molecule has 0 radical (unpaired) electrons. The minimum Gasteiger partial charge on any atom is -0.356 e. The summed E-state index contributed by atoms with van der Waals surface area (Å²) in [6, 6.07) is 0. The van der Waals surface area contributed by atoms with E-state index >= 15 is 0 Å². The predicted molar refractivity (Wildman–Crippen MR) is 126 cm³/mol. The van der Waals surface area contributed by atoms with Crippen molar-refractivity contribution in [1.29, 1.82) is 0 Å². The van der Waals surface area contributed by atoms with Gasteiger partial charge in [-0.3, -0.25) is 14.4 Å². The van der Waals surface area contributed by atoms with Gasteiger partial charge in [-0.25, -0.2) is 0 Å². The number of amides is 1. The first-order valence-electron chi connectivity index (χ1n) is 11.7. The van der Waals surface area contributed by atoms with E-state index in [-0.39, 0.29) is 27.9 Å². The third kappa shape index (κ3) is 11.9. The van der Waals surface area contributed by atoms with Crippen molar-refractivity contribution in [1.82, 2.24) is 5.32 Å². The van der Waals surface area contributed by atoms with E-state index in [4.69, 9.17) is 0 Å². The average Bonchev–Trinajstić information content (AvgIpc) is 2.59. The molecule has 4 heteroatoms. The molecule has 0 bridgehead atoms. The van der Waals surface area contributed by atoms with Crippen LogP contribution in [0, 0.1) is 21.7 Å². The Morgan fingerprint density at radius 1 is 0.600 bits per heavy atom. The Labute approximate surface area is 186 Å². The summed E-state index contributed by atoms with van der Waals surface area (Å²) in [5.74, 6) is 0.650. The van der Waals surface area contributed by atoms with Gasteiger partial charge < -0.3 is 5.32 Å². The van der Waals surface area contributed by atoms with Gasteiger partial charge in [0.15, 0.2) is 0 Å². The Hall–Kier alpha value is -1.19. The van der Waals surface area contributed by atoms with Crippen LogP contribution in [0.25, 0.3) is 0 Å². The molecule has 1 amide bonds. The van der Waals surface area contributed by atoms with Crippen LogP contribution in [-0.2, 0) is 14.4 Å². The Kier molecular flexibility index (Phi) is 11.0. The van der Waals surface area contributed by atoms with Crippen LogP contribution in [0.4, 0.5) is 0 Å². The molecule has 0 heterocycles. The topological polar surface area (TPSA) is 63.2 Å². The number of hydrogen-bond acceptors (Lipinski definition) is 3. The van der Waals surface area contributed by atoms with E-state index < -0.39 is 5.41 Å². The van der Waals surface area contributed by atoms with Crippen LogP contribution in [0.3, 0.4) is 0 Å². The molecular formula is C26H49NO3. The molecule has 0 atom stereocenters. The zero-order valence-electron chi connectivity index (χ0n) is 21.6. The van der Waals surface area contributed by atoms with Crippen molar-refractivity contribution in [3.63, 3.8) is 0 Å². The van der Waals surface area contributed by atoms with Crippen LogP contribution in [0.5, 0.6) is 0 Å². The van der Waals surface area contributed by atoms with Gasteiger partial charge in [0, 0.05) is 35.6 Å². The maximum Gasteiger partial charge on any atom is 0.225 e. The number of hydrogen-bond donors (Lipinski definition) is 1. The van der Waals surface area contributed by atoms with Crippen LogP contribution in [-0.4, -0.2) is 24.0 Å². The van der Waals surface area contributed by atoms with Gasteiger partial charge in [-0.05, 0) is 37.5 Å². The Bertz CT molecular complexity index is 574. The number of carbonyl (C=O) groups is 3. The summed E-state index contributed by atoms with van der Waals surface area (Å²) >= 11 is 0. The molecule has 30 heavy (non-hydrogen) atoms. The fraction of sp³-hybridized carbons (Fsp3) is 0.885. The maximum atomic E-state index is 12.7. The second-order valence-corrected chi connectivity index (χ2v) is 12.5. The Morgan fingerprint density at radius 3 is 1.50 bits per heavy atom. The van der Waals surface area contributed by atoms with E-state index in [9.17, 15) is 14.4 Å². The lowest BCUT2D eigenvalue weighted by Crippen LogP contribution is -2.35. The molecule has 176 valence electrons. The molecule has 0 aliphatic rings. The minimum atomic E-state index is -0.401. The van der Waals surface area contributed by atoms with Gasteiger partial charge in [0.05, 0.1) is 0 Å². The van der Waals surface area contributed by atoms with E-state index in [1.165, 1.54) is 0 Å². The molecule has 0 aliphatic heterocycles. The van der Waals surface area contributed by atoms with Gasteiger partial charge in [0.25, 0.3) is 0 Å². The highest BCUT2D eigenvalue weighted by molar-refractivity contribution is 5.85. The number of Topliss-reactive ketones (excluding diaryl/α,β-unsaturated/α-hetero) is 2. The van der Waals surface area contributed by atoms with E-state index in [1.54, 1.807) is 0 Å². The zero-order chi connectivity index (χ0) is 23.8. The van der Waals surface area contributed by atoms with E-state index in [1.807, 2.05) is 48.5 Å². The van der Waals surface area contributed by atoms with Gasteiger partial charge in [-0.15, -0.1) is 0 Å². The van der Waals surface area contributed by atoms with Gasteiger partial charge in [0.1, 0.15) is 11.6 Å². The van der Waals surface area contributed by atoms with Crippen LogP contribution in [0.1, 0.15) is 121 Å². The van der Waals surface area contributed by atoms with Crippen molar-refractivity contribution >= 4 is 17.5 Å². The maximum absolute atomic E-state index is 12.7. The van der Waals surface area contributed by atoms with Gasteiger partial charge in [0.2, 0.25) is 5.91 Å². The van der Waals surface area contributed by atoms with E-state index in [0.29, 0.717) is 25.2 Å². The van der Waals surface area contributed by atoms with Crippen LogP contribution < -0.4 is 5.32 Å². The second kappa shape index (κ2) is 11.4. The predicted octanol–water partition coefficient (Wildman–Crippen LogP) is 6.51. The molecule has 0 saturated heterocycles. The molecule has 0 rings (SSSR count). The quantitative estimate of drug-likeness (QED) is 0.344. The number of nitrogens with one attached hydrogen (secondary N) is 1. The SMILES string of the molecule is CC(C)(C)CCC(=O)C(C)(C)CCC(C)(C)C(=O)CCCCCNC(=O)C(C)(C)C. The van der Waals surface area contributed by atoms with Crippen LogP contribution in [0.2, 0.25) is 0 Å². The number of rotatable bonds is 13. The lowest BCUT2D eigenvalue weighted by molar-refractivity contribution is -0.131. The number of ketones is 2. The Morgan fingerprint density at radius 2 is 1.07 bits per heavy atom. The first-order chi connectivity index (χ1) is 13.4.